The number of allylic oxidation sites excluding steroid dienone is 3. The molecule has 0 spiro atoms. The number of hydrogen-bond acceptors (Lipinski definition) is 7. The van der Waals surface area contributed by atoms with Crippen molar-refractivity contribution >= 4 is 27.7 Å². The third-order valence-corrected chi connectivity index (χ3v) is 7.76. The highest BCUT2D eigenvalue weighted by Crippen LogP contribution is 2.44. The van der Waals surface area contributed by atoms with E-state index in [4.69, 9.17) is 23.7 Å². The van der Waals surface area contributed by atoms with Crippen molar-refractivity contribution in [3.63, 3.8) is 0 Å². The Kier molecular flexibility index (Phi) is 10.5. The maximum atomic E-state index is 13.5. The summed E-state index contributed by atoms with van der Waals surface area (Å²) in [4.78, 5) is 28.7. The molecule has 1 fully saturated rings. The Labute approximate surface area is 234 Å². The zero-order valence-electron chi connectivity index (χ0n) is 23.1. The first-order chi connectivity index (χ1) is 18.0. The van der Waals surface area contributed by atoms with Crippen LogP contribution in [-0.2, 0) is 35.1 Å². The summed E-state index contributed by atoms with van der Waals surface area (Å²) in [6.45, 7) is 7.74. The van der Waals surface area contributed by atoms with E-state index in [0.717, 1.165) is 16.9 Å². The van der Waals surface area contributed by atoms with Crippen molar-refractivity contribution in [3.05, 3.63) is 64.7 Å². The summed E-state index contributed by atoms with van der Waals surface area (Å²) >= 11 is 3.24. The molecule has 208 valence electrons. The molecule has 38 heavy (non-hydrogen) atoms. The van der Waals surface area contributed by atoms with Crippen molar-refractivity contribution in [1.82, 2.24) is 0 Å². The van der Waals surface area contributed by atoms with Gasteiger partial charge in [0.05, 0.1) is 31.3 Å². The molecule has 5 atom stereocenters. The summed E-state index contributed by atoms with van der Waals surface area (Å²) in [5, 5.41) is 0. The average molecular weight is 592 g/mol. The van der Waals surface area contributed by atoms with Crippen LogP contribution in [0.5, 0.6) is 5.75 Å². The lowest BCUT2D eigenvalue weighted by Crippen LogP contribution is -2.58. The highest BCUT2D eigenvalue weighted by atomic mass is 79.9. The second-order valence-electron chi connectivity index (χ2n) is 10.5. The summed E-state index contributed by atoms with van der Waals surface area (Å²) in [6, 6.07) is 7.67. The van der Waals surface area contributed by atoms with Crippen LogP contribution in [0.4, 0.5) is 0 Å². The number of carbonyl (C=O) groups is 2. The Balaban J connectivity index is 1.95. The molecular formula is C30H39BrO7. The van der Waals surface area contributed by atoms with Gasteiger partial charge in [-0.25, -0.2) is 0 Å². The van der Waals surface area contributed by atoms with E-state index in [1.165, 1.54) is 7.11 Å². The Bertz CT molecular complexity index is 1060. The Morgan fingerprint density at radius 2 is 1.84 bits per heavy atom. The predicted octanol–water partition coefficient (Wildman–Crippen LogP) is 6.06. The Morgan fingerprint density at radius 1 is 1.13 bits per heavy atom. The van der Waals surface area contributed by atoms with Crippen LogP contribution in [0.25, 0.3) is 0 Å². The van der Waals surface area contributed by atoms with Crippen molar-refractivity contribution in [2.24, 2.45) is 11.3 Å². The van der Waals surface area contributed by atoms with Crippen molar-refractivity contribution in [2.45, 2.75) is 77.7 Å². The normalized spacial score (nSPS) is 31.8. The summed E-state index contributed by atoms with van der Waals surface area (Å²) in [5.41, 5.74) is 0.933. The number of halogens is 1. The van der Waals surface area contributed by atoms with E-state index in [2.05, 4.69) is 15.9 Å². The van der Waals surface area contributed by atoms with Gasteiger partial charge in [-0.2, -0.15) is 0 Å². The van der Waals surface area contributed by atoms with Crippen LogP contribution in [0.1, 0.15) is 52.5 Å². The number of ketones is 1. The first kappa shape index (κ1) is 30.3. The fourth-order valence-corrected chi connectivity index (χ4v) is 5.00. The van der Waals surface area contributed by atoms with Gasteiger partial charge in [0.15, 0.2) is 11.6 Å². The molecule has 0 aromatic heterocycles. The van der Waals surface area contributed by atoms with E-state index in [9.17, 15) is 9.59 Å². The zero-order valence-corrected chi connectivity index (χ0v) is 24.7. The maximum absolute atomic E-state index is 13.5. The van der Waals surface area contributed by atoms with E-state index in [1.54, 1.807) is 43.3 Å². The molecule has 1 aromatic rings. The van der Waals surface area contributed by atoms with E-state index < -0.39 is 35.3 Å². The first-order valence-electron chi connectivity index (χ1n) is 12.9. The molecule has 8 heteroatoms. The van der Waals surface area contributed by atoms with Crippen LogP contribution in [0.3, 0.4) is 0 Å². The summed E-state index contributed by atoms with van der Waals surface area (Å²) < 4.78 is 30.0. The smallest absolute Gasteiger partial charge is 0.314 e. The average Bonchev–Trinajstić information content (AvgIpc) is 2.90. The van der Waals surface area contributed by atoms with Gasteiger partial charge in [0.25, 0.3) is 0 Å². The van der Waals surface area contributed by atoms with Crippen LogP contribution in [0.2, 0.25) is 0 Å². The van der Waals surface area contributed by atoms with Gasteiger partial charge in [-0.05, 0) is 48.7 Å². The molecule has 3 rings (SSSR count). The van der Waals surface area contributed by atoms with E-state index in [0.29, 0.717) is 25.9 Å². The minimum absolute atomic E-state index is 0.0524. The number of hydrogen-bond donors (Lipinski definition) is 0. The number of carbonyl (C=O) groups excluding carboxylic acids is 2. The molecule has 0 radical (unpaired) electrons. The lowest BCUT2D eigenvalue weighted by molar-refractivity contribution is -0.321. The molecule has 7 nitrogen and oxygen atoms in total. The minimum atomic E-state index is -1.32. The monoisotopic (exact) mass is 590 g/mol. The van der Waals surface area contributed by atoms with Gasteiger partial charge in [-0.15, -0.1) is 0 Å². The third-order valence-electron chi connectivity index (χ3n) is 7.45. The molecule has 2 heterocycles. The molecule has 2 bridgehead atoms. The largest absolute Gasteiger partial charge is 0.497 e. The topological polar surface area (TPSA) is 80.3 Å². The van der Waals surface area contributed by atoms with Crippen LogP contribution in [0.15, 0.2) is 59.1 Å². The molecule has 0 unspecified atom stereocenters. The fraction of sp³-hybridized carbons (Fsp3) is 0.533. The molecule has 2 aliphatic heterocycles. The van der Waals surface area contributed by atoms with Gasteiger partial charge in [0.2, 0.25) is 0 Å². The number of fused-ring (bicyclic) bond motifs is 2. The number of methoxy groups -OCH3 is 2. The van der Waals surface area contributed by atoms with Crippen LogP contribution in [-0.4, -0.2) is 50.1 Å². The number of rotatable bonds is 7. The quantitative estimate of drug-likeness (QED) is 0.282. The molecule has 1 aromatic carbocycles. The molecule has 0 N–H and O–H groups in total. The van der Waals surface area contributed by atoms with Crippen LogP contribution in [0, 0.1) is 11.3 Å². The molecule has 0 amide bonds. The number of cyclic esters (lactones) is 1. The Morgan fingerprint density at radius 3 is 2.47 bits per heavy atom. The number of benzene rings is 1. The SMILES string of the molecule is COc1ccc(CO[C@@H]2C[C@H]3O[C@@](OC)(C2)[C@H](C)C(=O)O[C@@H](/C=C/C=C/Br)C/C(C)=C/C(=O)C3(C)C)cc1. The van der Waals surface area contributed by atoms with E-state index in [-0.39, 0.29) is 11.9 Å². The first-order valence-corrected chi connectivity index (χ1v) is 13.8. The van der Waals surface area contributed by atoms with Crippen molar-refractivity contribution in [1.29, 1.82) is 0 Å². The molecule has 0 aliphatic carbocycles. The van der Waals surface area contributed by atoms with Crippen LogP contribution >= 0.6 is 15.9 Å². The highest BCUT2D eigenvalue weighted by Gasteiger charge is 2.54. The van der Waals surface area contributed by atoms with Crippen molar-refractivity contribution in [2.75, 3.05) is 14.2 Å². The molecule has 2 aliphatic rings. The fourth-order valence-electron chi connectivity index (χ4n) is 4.82. The standard InChI is InChI=1S/C30H39BrO7/c1-20-15-24(9-7-8-14-31)37-28(33)21(2)30(35-6)18-25(17-27(38-30)29(3,4)26(32)16-20)36-19-22-10-12-23(34-5)13-11-22/h7-14,16,21,24-25,27H,15,17-19H2,1-6H3/b9-7+,14-8+,20-16+/t21-,24+,25-,27-,30+/m1/s1. The Hall–Kier alpha value is -2.26. The van der Waals surface area contributed by atoms with E-state index >= 15 is 0 Å². The van der Waals surface area contributed by atoms with Gasteiger partial charge in [-0.1, -0.05) is 59.6 Å². The lowest BCUT2D eigenvalue weighted by atomic mass is 9.75. The highest BCUT2D eigenvalue weighted by molar-refractivity contribution is 9.11. The second-order valence-corrected chi connectivity index (χ2v) is 11.1. The molecule has 1 saturated heterocycles. The van der Waals surface area contributed by atoms with Crippen LogP contribution < -0.4 is 4.74 Å². The number of esters is 1. The molecule has 0 saturated carbocycles. The predicted molar refractivity (Wildman–Crippen MR) is 149 cm³/mol. The second kappa shape index (κ2) is 13.2. The van der Waals surface area contributed by atoms with Crippen molar-refractivity contribution < 1.29 is 33.3 Å². The molecular weight excluding hydrogens is 552 g/mol. The van der Waals surface area contributed by atoms with Gasteiger partial charge in [0, 0.05) is 26.4 Å². The minimum Gasteiger partial charge on any atom is -0.497 e. The summed E-state index contributed by atoms with van der Waals surface area (Å²) in [7, 11) is 3.15. The van der Waals surface area contributed by atoms with Crippen molar-refractivity contribution in [3.8, 4) is 5.75 Å². The maximum Gasteiger partial charge on any atom is 0.314 e. The summed E-state index contributed by atoms with van der Waals surface area (Å²) in [6.07, 6.45) is 6.83. The van der Waals surface area contributed by atoms with Gasteiger partial charge in [-0.3, -0.25) is 9.59 Å². The van der Waals surface area contributed by atoms with Gasteiger partial charge in [0.1, 0.15) is 17.8 Å². The van der Waals surface area contributed by atoms with E-state index in [1.807, 2.05) is 45.0 Å². The van der Waals surface area contributed by atoms with Gasteiger partial charge < -0.3 is 23.7 Å². The van der Waals surface area contributed by atoms with Gasteiger partial charge >= 0.3 is 5.97 Å². The lowest BCUT2D eigenvalue weighted by Gasteiger charge is -2.49. The third kappa shape index (κ3) is 7.23. The zero-order chi connectivity index (χ0) is 27.9. The number of ether oxygens (including phenoxy) is 5. The summed E-state index contributed by atoms with van der Waals surface area (Å²) in [5.74, 6) is -1.80.